The maximum atomic E-state index is 13.5. The Hall–Kier alpha value is -2.04. The summed E-state index contributed by atoms with van der Waals surface area (Å²) in [5, 5.41) is 36.3. The fourth-order valence-electron chi connectivity index (χ4n) is 3.61. The number of hydrogen-bond acceptors (Lipinski definition) is 5. The van der Waals surface area contributed by atoms with Crippen molar-refractivity contribution in [3.63, 3.8) is 0 Å². The van der Waals surface area contributed by atoms with Gasteiger partial charge in [0.1, 0.15) is 5.82 Å². The number of benzene rings is 1. The molecule has 0 aliphatic heterocycles. The molecule has 10 heteroatoms. The third-order valence-electron chi connectivity index (χ3n) is 5.47. The van der Waals surface area contributed by atoms with Crippen LogP contribution in [-0.2, 0) is 4.79 Å². The fourth-order valence-corrected chi connectivity index (χ4v) is 3.61. The van der Waals surface area contributed by atoms with Crippen LogP contribution in [0.3, 0.4) is 0 Å². The number of carbonyl (C=O) groups excluding carboxylic acids is 1. The van der Waals surface area contributed by atoms with E-state index in [4.69, 9.17) is 5.11 Å². The number of carboxylic acids is 1. The molecule has 0 bridgehead atoms. The topological polar surface area (TPSA) is 125 Å². The maximum absolute atomic E-state index is 13.5. The van der Waals surface area contributed by atoms with Crippen LogP contribution in [0.5, 0.6) is 0 Å². The van der Waals surface area contributed by atoms with Gasteiger partial charge in [-0.25, -0.2) is 9.07 Å². The molecule has 1 aromatic carbocycles. The molecule has 8 nitrogen and oxygen atoms in total. The van der Waals surface area contributed by atoms with Crippen LogP contribution in [0.2, 0.25) is 0 Å². The first-order valence-corrected chi connectivity index (χ1v) is 11.1. The van der Waals surface area contributed by atoms with Crippen molar-refractivity contribution in [2.75, 3.05) is 6.54 Å². The molecule has 34 heavy (non-hydrogen) atoms. The molecule has 0 radical (unpaired) electrons. The van der Waals surface area contributed by atoms with Gasteiger partial charge in [0, 0.05) is 18.5 Å². The van der Waals surface area contributed by atoms with Gasteiger partial charge >= 0.3 is 35.5 Å². The summed E-state index contributed by atoms with van der Waals surface area (Å²) in [6.45, 7) is 4.44. The predicted molar refractivity (Wildman–Crippen MR) is 128 cm³/mol. The minimum atomic E-state index is -1.20. The Bertz CT molecular complexity index is 1020. The Balaban J connectivity index is 0.00000408. The standard InChI is InChI=1S/C24H30FN3O5.Na.H/c1-14(2)22-20(10-9-18(29)11-19(30)12-21(31)32)28(17-7-5-16(25)6-8-17)27-23(22)24(33)26-13-15-3-4-15;;/h5-10,14-15,18-19,29-30H,3-4,11-13H2,1-2H3,(H,26,33)(H,31,32);;/t18-,19+;;/m0../s1. The van der Waals surface area contributed by atoms with Crippen LogP contribution in [0.1, 0.15) is 67.2 Å². The van der Waals surface area contributed by atoms with Gasteiger partial charge in [-0.2, -0.15) is 5.10 Å². The SMILES string of the molecule is CC(C)c1c(C(=O)NCC2CC2)nn(-c2ccc(F)cc2)c1C=C[C@H](O)C[C@@H](O)CC(=O)O.[NaH]. The van der Waals surface area contributed by atoms with Crippen LogP contribution < -0.4 is 5.32 Å². The van der Waals surface area contributed by atoms with Gasteiger partial charge in [0.15, 0.2) is 5.69 Å². The van der Waals surface area contributed by atoms with Gasteiger partial charge in [-0.3, -0.25) is 9.59 Å². The third-order valence-corrected chi connectivity index (χ3v) is 5.47. The number of hydrogen-bond donors (Lipinski definition) is 4. The molecule has 1 amide bonds. The van der Waals surface area contributed by atoms with Gasteiger partial charge in [0.25, 0.3) is 5.91 Å². The molecule has 3 rings (SSSR count). The van der Waals surface area contributed by atoms with E-state index in [0.29, 0.717) is 29.4 Å². The van der Waals surface area contributed by atoms with Crippen LogP contribution >= 0.6 is 0 Å². The van der Waals surface area contributed by atoms with Gasteiger partial charge in [0.05, 0.1) is 30.0 Å². The number of halogens is 1. The molecule has 2 aromatic rings. The average molecular weight is 484 g/mol. The summed E-state index contributed by atoms with van der Waals surface area (Å²) in [4.78, 5) is 23.7. The molecule has 1 heterocycles. The van der Waals surface area contributed by atoms with E-state index < -0.39 is 30.4 Å². The number of aliphatic hydroxyl groups excluding tert-OH is 2. The van der Waals surface area contributed by atoms with Crippen LogP contribution in [0.15, 0.2) is 30.3 Å². The summed E-state index contributed by atoms with van der Waals surface area (Å²) in [7, 11) is 0. The molecular weight excluding hydrogens is 452 g/mol. The Labute approximate surface area is 220 Å². The number of aromatic nitrogens is 2. The van der Waals surface area contributed by atoms with Crippen LogP contribution in [-0.4, -0.2) is 85.3 Å². The van der Waals surface area contributed by atoms with Crippen molar-refractivity contribution >= 4 is 47.5 Å². The van der Waals surface area contributed by atoms with E-state index in [-0.39, 0.29) is 53.5 Å². The van der Waals surface area contributed by atoms with Crippen LogP contribution in [0, 0.1) is 11.7 Å². The molecule has 1 aromatic heterocycles. The third kappa shape index (κ3) is 7.74. The first-order chi connectivity index (χ1) is 15.7. The quantitative estimate of drug-likeness (QED) is 0.364. The molecule has 1 aliphatic rings. The predicted octanol–water partition coefficient (Wildman–Crippen LogP) is 2.23. The van der Waals surface area contributed by atoms with E-state index >= 15 is 0 Å². The van der Waals surface area contributed by atoms with E-state index in [1.165, 1.54) is 22.9 Å². The van der Waals surface area contributed by atoms with Gasteiger partial charge in [-0.05, 0) is 55.0 Å². The Morgan fingerprint density at radius 2 is 1.88 bits per heavy atom. The Kier molecular flexibility index (Phi) is 10.5. The van der Waals surface area contributed by atoms with E-state index in [9.17, 15) is 24.2 Å². The number of nitrogens with zero attached hydrogens (tertiary/aromatic N) is 2. The molecule has 4 N–H and O–H groups in total. The summed E-state index contributed by atoms with van der Waals surface area (Å²) >= 11 is 0. The van der Waals surface area contributed by atoms with Crippen molar-refractivity contribution < 1.29 is 29.3 Å². The molecule has 1 fully saturated rings. The second-order valence-corrected chi connectivity index (χ2v) is 8.76. The molecule has 2 atom stereocenters. The number of nitrogens with one attached hydrogen (secondary N) is 1. The summed E-state index contributed by atoms with van der Waals surface area (Å²) in [5.41, 5.74) is 2.01. The summed E-state index contributed by atoms with van der Waals surface area (Å²) in [6.07, 6.45) is 2.30. The van der Waals surface area contributed by atoms with Crippen molar-refractivity contribution in [1.29, 1.82) is 0 Å². The van der Waals surface area contributed by atoms with Crippen molar-refractivity contribution in [1.82, 2.24) is 15.1 Å². The second-order valence-electron chi connectivity index (χ2n) is 8.76. The van der Waals surface area contributed by atoms with E-state index in [2.05, 4.69) is 10.4 Å². The molecular formula is C24H31FN3NaO5. The summed E-state index contributed by atoms with van der Waals surface area (Å²) in [5.74, 6) is -1.44. The molecule has 0 unspecified atom stereocenters. The first-order valence-electron chi connectivity index (χ1n) is 11.1. The number of aliphatic carboxylic acids is 1. The molecule has 1 aliphatic carbocycles. The summed E-state index contributed by atoms with van der Waals surface area (Å²) in [6, 6.07) is 5.68. The van der Waals surface area contributed by atoms with E-state index in [0.717, 1.165) is 12.8 Å². The van der Waals surface area contributed by atoms with Gasteiger partial charge in [0.2, 0.25) is 0 Å². The second kappa shape index (κ2) is 12.6. The summed E-state index contributed by atoms with van der Waals surface area (Å²) < 4.78 is 15.0. The Morgan fingerprint density at radius 1 is 1.24 bits per heavy atom. The van der Waals surface area contributed by atoms with Crippen LogP contribution in [0.25, 0.3) is 11.8 Å². The van der Waals surface area contributed by atoms with Crippen molar-refractivity contribution in [3.05, 3.63) is 53.1 Å². The monoisotopic (exact) mass is 483 g/mol. The minimum absolute atomic E-state index is 0. The number of carbonyl (C=O) groups is 2. The van der Waals surface area contributed by atoms with Crippen molar-refractivity contribution in [2.45, 2.75) is 57.7 Å². The van der Waals surface area contributed by atoms with Gasteiger partial charge < -0.3 is 20.6 Å². The zero-order valence-electron chi connectivity index (χ0n) is 18.7. The fraction of sp³-hybridized carbons (Fsp3) is 0.458. The Morgan fingerprint density at radius 3 is 2.44 bits per heavy atom. The zero-order valence-corrected chi connectivity index (χ0v) is 18.7. The van der Waals surface area contributed by atoms with Crippen LogP contribution in [0.4, 0.5) is 4.39 Å². The van der Waals surface area contributed by atoms with E-state index in [1.54, 1.807) is 18.2 Å². The van der Waals surface area contributed by atoms with Crippen molar-refractivity contribution in [2.24, 2.45) is 5.92 Å². The van der Waals surface area contributed by atoms with E-state index in [1.807, 2.05) is 13.8 Å². The van der Waals surface area contributed by atoms with Gasteiger partial charge in [-0.15, -0.1) is 0 Å². The van der Waals surface area contributed by atoms with Gasteiger partial charge in [-0.1, -0.05) is 19.9 Å². The number of amides is 1. The number of aliphatic hydroxyl groups is 2. The number of rotatable bonds is 11. The average Bonchev–Trinajstić information content (AvgIpc) is 3.48. The zero-order chi connectivity index (χ0) is 24.1. The normalized spacial score (nSPS) is 15.2. The molecule has 1 saturated carbocycles. The first kappa shape index (κ1) is 28.2. The molecule has 0 saturated heterocycles. The molecule has 0 spiro atoms. The molecule has 180 valence electrons. The van der Waals surface area contributed by atoms with Crippen molar-refractivity contribution in [3.8, 4) is 5.69 Å². The number of carboxylic acid groups (broad SMARTS) is 1.